The van der Waals surface area contributed by atoms with Crippen molar-refractivity contribution in [1.29, 1.82) is 0 Å². The zero-order chi connectivity index (χ0) is 13.5. The fourth-order valence-electron chi connectivity index (χ4n) is 1.29. The molecule has 1 rings (SSSR count). The van der Waals surface area contributed by atoms with Crippen molar-refractivity contribution in [3.63, 3.8) is 0 Å². The van der Waals surface area contributed by atoms with Gasteiger partial charge in [-0.3, -0.25) is 4.79 Å². The molecule has 0 fully saturated rings. The summed E-state index contributed by atoms with van der Waals surface area (Å²) in [6.45, 7) is 6.22. The lowest BCUT2D eigenvalue weighted by atomic mass is 10.3. The first-order valence-corrected chi connectivity index (χ1v) is 6.24. The van der Waals surface area contributed by atoms with Crippen LogP contribution in [0.5, 0.6) is 5.75 Å². The Hall–Kier alpha value is -1.26. The highest BCUT2D eigenvalue weighted by atomic mass is 35.5. The van der Waals surface area contributed by atoms with Gasteiger partial charge in [0.25, 0.3) is 0 Å². The number of anilines is 1. The Morgan fingerprint density at radius 3 is 2.72 bits per heavy atom. The molecule has 5 heteroatoms. The number of benzene rings is 1. The highest BCUT2D eigenvalue weighted by molar-refractivity contribution is 6.32. The molecule has 0 heterocycles. The standard InChI is InChI=1S/C13H18ClNO3/c1-4-17-12-6-5-10(7-11(12)14)15-13(16)8-18-9(2)3/h5-7,9H,4,8H2,1-3H3,(H,15,16). The highest BCUT2D eigenvalue weighted by Gasteiger charge is 2.07. The van der Waals surface area contributed by atoms with Crippen LogP contribution in [-0.4, -0.2) is 25.2 Å². The lowest BCUT2D eigenvalue weighted by molar-refractivity contribution is -0.121. The molecule has 0 aliphatic carbocycles. The first-order chi connectivity index (χ1) is 8.52. The zero-order valence-electron chi connectivity index (χ0n) is 10.8. The van der Waals surface area contributed by atoms with Crippen LogP contribution in [0.4, 0.5) is 5.69 Å². The maximum absolute atomic E-state index is 11.5. The van der Waals surface area contributed by atoms with E-state index in [1.807, 2.05) is 20.8 Å². The predicted octanol–water partition coefficient (Wildman–Crippen LogP) is 3.10. The summed E-state index contributed by atoms with van der Waals surface area (Å²) < 4.78 is 10.5. The molecule has 0 atom stereocenters. The monoisotopic (exact) mass is 271 g/mol. The topological polar surface area (TPSA) is 47.6 Å². The van der Waals surface area contributed by atoms with Crippen molar-refractivity contribution in [2.24, 2.45) is 0 Å². The van der Waals surface area contributed by atoms with Crippen LogP contribution in [0.25, 0.3) is 0 Å². The van der Waals surface area contributed by atoms with E-state index in [-0.39, 0.29) is 18.6 Å². The number of carbonyl (C=O) groups is 1. The first kappa shape index (κ1) is 14.8. The summed E-state index contributed by atoms with van der Waals surface area (Å²) in [4.78, 5) is 11.5. The predicted molar refractivity (Wildman–Crippen MR) is 72.3 cm³/mol. The van der Waals surface area contributed by atoms with Crippen LogP contribution in [0.15, 0.2) is 18.2 Å². The van der Waals surface area contributed by atoms with Crippen LogP contribution >= 0.6 is 11.6 Å². The van der Waals surface area contributed by atoms with Gasteiger partial charge in [0.05, 0.1) is 17.7 Å². The third-order valence-corrected chi connectivity index (χ3v) is 2.36. The van der Waals surface area contributed by atoms with Gasteiger partial charge in [-0.25, -0.2) is 0 Å². The van der Waals surface area contributed by atoms with Gasteiger partial charge in [-0.1, -0.05) is 11.6 Å². The Morgan fingerprint density at radius 2 is 2.17 bits per heavy atom. The minimum atomic E-state index is -0.205. The highest BCUT2D eigenvalue weighted by Crippen LogP contribution is 2.27. The largest absolute Gasteiger partial charge is 0.492 e. The molecule has 0 spiro atoms. The fourth-order valence-corrected chi connectivity index (χ4v) is 1.53. The summed E-state index contributed by atoms with van der Waals surface area (Å²) in [5.41, 5.74) is 0.626. The molecule has 4 nitrogen and oxygen atoms in total. The van der Waals surface area contributed by atoms with E-state index < -0.39 is 0 Å². The molecule has 18 heavy (non-hydrogen) atoms. The Kier molecular flexibility index (Phi) is 5.95. The Labute approximate surface area is 112 Å². The molecular weight excluding hydrogens is 254 g/mol. The molecule has 1 N–H and O–H groups in total. The number of carbonyl (C=O) groups excluding carboxylic acids is 1. The van der Waals surface area contributed by atoms with Gasteiger partial charge < -0.3 is 14.8 Å². The smallest absolute Gasteiger partial charge is 0.250 e. The number of hydrogen-bond donors (Lipinski definition) is 1. The van der Waals surface area contributed by atoms with Crippen molar-refractivity contribution in [3.05, 3.63) is 23.2 Å². The minimum Gasteiger partial charge on any atom is -0.492 e. The van der Waals surface area contributed by atoms with Crippen LogP contribution < -0.4 is 10.1 Å². The second-order valence-corrected chi connectivity index (χ2v) is 4.39. The van der Waals surface area contributed by atoms with Gasteiger partial charge in [-0.2, -0.15) is 0 Å². The maximum atomic E-state index is 11.5. The lowest BCUT2D eigenvalue weighted by Crippen LogP contribution is -2.20. The number of hydrogen-bond acceptors (Lipinski definition) is 3. The second-order valence-electron chi connectivity index (χ2n) is 3.99. The van der Waals surface area contributed by atoms with Gasteiger partial charge in [-0.15, -0.1) is 0 Å². The van der Waals surface area contributed by atoms with Gasteiger partial charge in [0.2, 0.25) is 5.91 Å². The normalized spacial score (nSPS) is 10.5. The summed E-state index contributed by atoms with van der Waals surface area (Å²) in [5, 5.41) is 3.18. The van der Waals surface area contributed by atoms with E-state index in [4.69, 9.17) is 21.1 Å². The summed E-state index contributed by atoms with van der Waals surface area (Å²) in [6, 6.07) is 5.12. The van der Waals surface area contributed by atoms with Crippen LogP contribution in [0.3, 0.4) is 0 Å². The van der Waals surface area contributed by atoms with Gasteiger partial charge in [0.15, 0.2) is 0 Å². The number of nitrogens with one attached hydrogen (secondary N) is 1. The van der Waals surface area contributed by atoms with Crippen molar-refractivity contribution in [1.82, 2.24) is 0 Å². The van der Waals surface area contributed by atoms with Gasteiger partial charge >= 0.3 is 0 Å². The second kappa shape index (κ2) is 7.24. The molecule has 0 saturated heterocycles. The summed E-state index contributed by atoms with van der Waals surface area (Å²) >= 11 is 6.01. The van der Waals surface area contributed by atoms with Crippen molar-refractivity contribution < 1.29 is 14.3 Å². The van der Waals surface area contributed by atoms with Crippen LogP contribution in [-0.2, 0) is 9.53 Å². The van der Waals surface area contributed by atoms with E-state index in [2.05, 4.69) is 5.32 Å². The molecular formula is C13H18ClNO3. The Balaban J connectivity index is 2.57. The van der Waals surface area contributed by atoms with E-state index in [1.165, 1.54) is 0 Å². The van der Waals surface area contributed by atoms with E-state index in [1.54, 1.807) is 18.2 Å². The van der Waals surface area contributed by atoms with Crippen LogP contribution in [0.2, 0.25) is 5.02 Å². The minimum absolute atomic E-state index is 0.0275. The molecule has 0 radical (unpaired) electrons. The molecule has 0 aromatic heterocycles. The molecule has 1 amide bonds. The van der Waals surface area contributed by atoms with Gasteiger partial charge in [0.1, 0.15) is 12.4 Å². The third kappa shape index (κ3) is 4.94. The molecule has 1 aromatic carbocycles. The summed E-state index contributed by atoms with van der Waals surface area (Å²) in [6.07, 6.45) is 0.0275. The SMILES string of the molecule is CCOc1ccc(NC(=O)COC(C)C)cc1Cl. The Bertz CT molecular complexity index is 407. The van der Waals surface area contributed by atoms with Crippen LogP contribution in [0.1, 0.15) is 20.8 Å². The quantitative estimate of drug-likeness (QED) is 0.865. The summed E-state index contributed by atoms with van der Waals surface area (Å²) in [7, 11) is 0. The Morgan fingerprint density at radius 1 is 1.44 bits per heavy atom. The summed E-state index contributed by atoms with van der Waals surface area (Å²) in [5.74, 6) is 0.402. The van der Waals surface area contributed by atoms with Crippen molar-refractivity contribution >= 4 is 23.2 Å². The van der Waals surface area contributed by atoms with E-state index >= 15 is 0 Å². The molecule has 1 aromatic rings. The van der Waals surface area contributed by atoms with Gasteiger partial charge in [-0.05, 0) is 39.0 Å². The average Bonchev–Trinajstić information content (AvgIpc) is 2.30. The molecule has 0 aliphatic heterocycles. The fraction of sp³-hybridized carbons (Fsp3) is 0.462. The molecule has 0 aliphatic rings. The van der Waals surface area contributed by atoms with E-state index in [0.717, 1.165) is 0 Å². The van der Waals surface area contributed by atoms with E-state index in [9.17, 15) is 4.79 Å². The van der Waals surface area contributed by atoms with Gasteiger partial charge in [0, 0.05) is 5.69 Å². The van der Waals surface area contributed by atoms with Crippen LogP contribution in [0, 0.1) is 0 Å². The molecule has 0 saturated carbocycles. The maximum Gasteiger partial charge on any atom is 0.250 e. The number of amides is 1. The number of rotatable bonds is 6. The van der Waals surface area contributed by atoms with Crippen molar-refractivity contribution in [2.45, 2.75) is 26.9 Å². The molecule has 100 valence electrons. The molecule has 0 unspecified atom stereocenters. The lowest BCUT2D eigenvalue weighted by Gasteiger charge is -2.10. The van der Waals surface area contributed by atoms with E-state index in [0.29, 0.717) is 23.1 Å². The van der Waals surface area contributed by atoms with Crippen molar-refractivity contribution in [3.8, 4) is 5.75 Å². The first-order valence-electron chi connectivity index (χ1n) is 5.86. The number of halogens is 1. The van der Waals surface area contributed by atoms with Crippen molar-refractivity contribution in [2.75, 3.05) is 18.5 Å². The third-order valence-electron chi connectivity index (χ3n) is 2.06. The average molecular weight is 272 g/mol. The zero-order valence-corrected chi connectivity index (χ0v) is 11.6. The molecule has 0 bridgehead atoms. The number of ether oxygens (including phenoxy) is 2.